The summed E-state index contributed by atoms with van der Waals surface area (Å²) in [5, 5.41) is 0. The molecule has 1 aromatic rings. The van der Waals surface area contributed by atoms with Crippen molar-refractivity contribution in [2.24, 2.45) is 11.8 Å². The van der Waals surface area contributed by atoms with E-state index < -0.39 is 0 Å². The van der Waals surface area contributed by atoms with Gasteiger partial charge in [-0.2, -0.15) is 0 Å². The molecule has 1 N–H and O–H groups in total. The Labute approximate surface area is 113 Å². The monoisotopic (exact) mass is 263 g/mol. The van der Waals surface area contributed by atoms with Gasteiger partial charge in [0.05, 0.1) is 13.4 Å². The van der Waals surface area contributed by atoms with Crippen molar-refractivity contribution in [3.05, 3.63) is 16.7 Å². The molecule has 0 spiro atoms. The van der Waals surface area contributed by atoms with Crippen LogP contribution in [0.4, 0.5) is 5.82 Å². The van der Waals surface area contributed by atoms with Gasteiger partial charge < -0.3 is 14.6 Å². The minimum atomic E-state index is -0.196. The maximum atomic E-state index is 11.7. The van der Waals surface area contributed by atoms with Crippen LogP contribution < -0.4 is 15.2 Å². The lowest BCUT2D eigenvalue weighted by molar-refractivity contribution is 0.201. The van der Waals surface area contributed by atoms with E-state index in [1.165, 1.54) is 45.5 Å². The van der Waals surface area contributed by atoms with Crippen molar-refractivity contribution in [3.63, 3.8) is 0 Å². The standard InChI is InChI=1S/C14H21N3O2/c1-19-12-13(15-9-16-14(12)18)17-7-6-10-4-2-3-5-11(10)8-17/h9-11H,2-8H2,1H3,(H,15,16,18). The second kappa shape index (κ2) is 5.23. The number of piperidine rings is 1. The molecule has 2 atom stereocenters. The number of fused-ring (bicyclic) bond motifs is 1. The molecule has 1 aliphatic carbocycles. The van der Waals surface area contributed by atoms with Gasteiger partial charge in [-0.15, -0.1) is 0 Å². The number of H-pyrrole nitrogens is 1. The highest BCUT2D eigenvalue weighted by molar-refractivity contribution is 5.51. The minimum Gasteiger partial charge on any atom is -0.489 e. The Morgan fingerprint density at radius 3 is 2.89 bits per heavy atom. The zero-order valence-electron chi connectivity index (χ0n) is 11.4. The number of hydrogen-bond donors (Lipinski definition) is 1. The molecule has 3 rings (SSSR count). The number of nitrogens with zero attached hydrogens (tertiary/aromatic N) is 2. The first-order chi connectivity index (χ1) is 9.29. The summed E-state index contributed by atoms with van der Waals surface area (Å²) in [5.41, 5.74) is -0.196. The summed E-state index contributed by atoms with van der Waals surface area (Å²) in [6.45, 7) is 1.99. The Bertz CT molecular complexity index is 500. The van der Waals surface area contributed by atoms with E-state index in [1.54, 1.807) is 0 Å². The molecule has 1 aliphatic heterocycles. The second-order valence-corrected chi connectivity index (χ2v) is 5.63. The highest BCUT2D eigenvalue weighted by Crippen LogP contribution is 2.38. The Hall–Kier alpha value is -1.52. The lowest BCUT2D eigenvalue weighted by Crippen LogP contribution is -2.42. The first kappa shape index (κ1) is 12.5. The van der Waals surface area contributed by atoms with Gasteiger partial charge in [0.1, 0.15) is 0 Å². The summed E-state index contributed by atoms with van der Waals surface area (Å²) < 4.78 is 5.22. The third-order valence-electron chi connectivity index (χ3n) is 4.59. The van der Waals surface area contributed by atoms with Crippen LogP contribution in [0.1, 0.15) is 32.1 Å². The first-order valence-electron chi connectivity index (χ1n) is 7.16. The molecule has 5 nitrogen and oxygen atoms in total. The zero-order chi connectivity index (χ0) is 13.2. The lowest BCUT2D eigenvalue weighted by atomic mass is 9.75. The van der Waals surface area contributed by atoms with Crippen LogP contribution >= 0.6 is 0 Å². The van der Waals surface area contributed by atoms with E-state index in [9.17, 15) is 4.79 Å². The molecule has 1 aromatic heterocycles. The Morgan fingerprint density at radius 1 is 1.32 bits per heavy atom. The van der Waals surface area contributed by atoms with Crippen LogP contribution in [-0.2, 0) is 0 Å². The van der Waals surface area contributed by atoms with Gasteiger partial charge in [-0.3, -0.25) is 4.79 Å². The van der Waals surface area contributed by atoms with E-state index in [-0.39, 0.29) is 5.56 Å². The number of ether oxygens (including phenoxy) is 1. The van der Waals surface area contributed by atoms with Crippen molar-refractivity contribution in [1.29, 1.82) is 0 Å². The molecule has 19 heavy (non-hydrogen) atoms. The van der Waals surface area contributed by atoms with Crippen molar-refractivity contribution >= 4 is 5.82 Å². The largest absolute Gasteiger partial charge is 0.489 e. The molecular weight excluding hydrogens is 242 g/mol. The third-order valence-corrected chi connectivity index (χ3v) is 4.59. The number of anilines is 1. The van der Waals surface area contributed by atoms with Crippen molar-refractivity contribution < 1.29 is 4.74 Å². The molecule has 2 unspecified atom stereocenters. The van der Waals surface area contributed by atoms with Crippen LogP contribution in [0.15, 0.2) is 11.1 Å². The number of aromatic nitrogens is 2. The van der Waals surface area contributed by atoms with E-state index in [2.05, 4.69) is 14.9 Å². The van der Waals surface area contributed by atoms with Gasteiger partial charge in [-0.1, -0.05) is 19.3 Å². The van der Waals surface area contributed by atoms with E-state index in [0.29, 0.717) is 11.6 Å². The number of aromatic amines is 1. The Kier molecular flexibility index (Phi) is 3.44. The fourth-order valence-electron chi connectivity index (χ4n) is 3.58. The van der Waals surface area contributed by atoms with Crippen LogP contribution in [0, 0.1) is 11.8 Å². The molecule has 0 aromatic carbocycles. The zero-order valence-corrected chi connectivity index (χ0v) is 11.4. The van der Waals surface area contributed by atoms with Crippen LogP contribution in [0.3, 0.4) is 0 Å². The van der Waals surface area contributed by atoms with Crippen LogP contribution in [-0.4, -0.2) is 30.2 Å². The SMILES string of the molecule is COc1c(N2CCC3CCCCC3C2)nc[nH]c1=O. The molecule has 2 fully saturated rings. The Balaban J connectivity index is 1.83. The van der Waals surface area contributed by atoms with E-state index in [1.807, 2.05) is 0 Å². The van der Waals surface area contributed by atoms with E-state index in [4.69, 9.17) is 4.74 Å². The van der Waals surface area contributed by atoms with Crippen LogP contribution in [0.5, 0.6) is 5.75 Å². The quantitative estimate of drug-likeness (QED) is 0.884. The normalized spacial score (nSPS) is 26.9. The molecule has 2 aliphatic rings. The summed E-state index contributed by atoms with van der Waals surface area (Å²) in [4.78, 5) is 20.9. The van der Waals surface area contributed by atoms with Gasteiger partial charge in [-0.05, 0) is 24.7 Å². The Morgan fingerprint density at radius 2 is 2.11 bits per heavy atom. The van der Waals surface area contributed by atoms with E-state index in [0.717, 1.165) is 24.9 Å². The predicted octanol–water partition coefficient (Wildman–Crippen LogP) is 1.79. The molecule has 5 heteroatoms. The average Bonchev–Trinajstić information content (AvgIpc) is 2.46. The number of hydrogen-bond acceptors (Lipinski definition) is 4. The maximum Gasteiger partial charge on any atom is 0.295 e. The third kappa shape index (κ3) is 2.33. The van der Waals surface area contributed by atoms with Gasteiger partial charge in [-0.25, -0.2) is 4.98 Å². The minimum absolute atomic E-state index is 0.196. The summed E-state index contributed by atoms with van der Waals surface area (Å²) in [7, 11) is 1.53. The van der Waals surface area contributed by atoms with Crippen LogP contribution in [0.2, 0.25) is 0 Å². The lowest BCUT2D eigenvalue weighted by Gasteiger charge is -2.41. The second-order valence-electron chi connectivity index (χ2n) is 5.63. The smallest absolute Gasteiger partial charge is 0.295 e. The van der Waals surface area contributed by atoms with Crippen molar-refractivity contribution in [1.82, 2.24) is 9.97 Å². The fourth-order valence-corrected chi connectivity index (χ4v) is 3.58. The van der Waals surface area contributed by atoms with Crippen molar-refractivity contribution in [3.8, 4) is 5.75 Å². The highest BCUT2D eigenvalue weighted by atomic mass is 16.5. The van der Waals surface area contributed by atoms with Gasteiger partial charge in [0.15, 0.2) is 5.82 Å². The van der Waals surface area contributed by atoms with Crippen molar-refractivity contribution in [2.45, 2.75) is 32.1 Å². The molecule has 1 saturated carbocycles. The summed E-state index contributed by atoms with van der Waals surface area (Å²) in [6, 6.07) is 0. The molecule has 0 bridgehead atoms. The molecular formula is C14H21N3O2. The average molecular weight is 263 g/mol. The molecule has 0 radical (unpaired) electrons. The summed E-state index contributed by atoms with van der Waals surface area (Å²) >= 11 is 0. The van der Waals surface area contributed by atoms with Gasteiger partial charge in [0, 0.05) is 13.1 Å². The summed E-state index contributed by atoms with van der Waals surface area (Å²) in [5.74, 6) is 2.68. The molecule has 0 amide bonds. The number of nitrogens with one attached hydrogen (secondary N) is 1. The van der Waals surface area contributed by atoms with Gasteiger partial charge in [0.25, 0.3) is 5.56 Å². The topological polar surface area (TPSA) is 58.2 Å². The summed E-state index contributed by atoms with van der Waals surface area (Å²) in [6.07, 6.45) is 8.09. The molecule has 2 heterocycles. The first-order valence-corrected chi connectivity index (χ1v) is 7.16. The maximum absolute atomic E-state index is 11.7. The van der Waals surface area contributed by atoms with Gasteiger partial charge >= 0.3 is 0 Å². The van der Waals surface area contributed by atoms with Gasteiger partial charge in [0.2, 0.25) is 5.75 Å². The molecule has 104 valence electrons. The number of methoxy groups -OCH3 is 1. The van der Waals surface area contributed by atoms with Crippen molar-refractivity contribution in [2.75, 3.05) is 25.1 Å². The van der Waals surface area contributed by atoms with Crippen LogP contribution in [0.25, 0.3) is 0 Å². The predicted molar refractivity (Wildman–Crippen MR) is 73.7 cm³/mol. The number of rotatable bonds is 2. The highest BCUT2D eigenvalue weighted by Gasteiger charge is 2.32. The molecule has 1 saturated heterocycles. The fraction of sp³-hybridized carbons (Fsp3) is 0.714. The van der Waals surface area contributed by atoms with E-state index >= 15 is 0 Å².